The lowest BCUT2D eigenvalue weighted by atomic mass is 9.87. The second-order valence-electron chi connectivity index (χ2n) is 13.0. The van der Waals surface area contributed by atoms with E-state index in [1.165, 1.54) is 4.90 Å². The summed E-state index contributed by atoms with van der Waals surface area (Å²) < 4.78 is 11.6. The Hall–Kier alpha value is -3.81. The molecule has 2 bridgehead atoms. The molecule has 1 amide bonds. The number of carbonyl (C=O) groups is 5. The van der Waals surface area contributed by atoms with Crippen molar-refractivity contribution < 1.29 is 33.4 Å². The van der Waals surface area contributed by atoms with Crippen molar-refractivity contribution in [3.05, 3.63) is 71.3 Å². The number of benzene rings is 2. The summed E-state index contributed by atoms with van der Waals surface area (Å²) in [6.07, 6.45) is 8.16. The molecule has 0 saturated carbocycles. The summed E-state index contributed by atoms with van der Waals surface area (Å²) in [5, 5.41) is 0. The van der Waals surface area contributed by atoms with Gasteiger partial charge in [-0.05, 0) is 76.0 Å². The van der Waals surface area contributed by atoms with Gasteiger partial charge in [0.05, 0.1) is 5.41 Å². The molecule has 45 heavy (non-hydrogen) atoms. The quantitative estimate of drug-likeness (QED) is 0.277. The van der Waals surface area contributed by atoms with Crippen LogP contribution < -0.4 is 0 Å². The highest BCUT2D eigenvalue weighted by Gasteiger charge is 2.42. The van der Waals surface area contributed by atoms with E-state index in [1.54, 1.807) is 19.9 Å². The van der Waals surface area contributed by atoms with Crippen LogP contribution in [0.4, 0.5) is 0 Å². The molecule has 1 fully saturated rings. The lowest BCUT2D eigenvalue weighted by molar-refractivity contribution is -0.165. The summed E-state index contributed by atoms with van der Waals surface area (Å²) in [6.45, 7) is 3.24. The van der Waals surface area contributed by atoms with Crippen LogP contribution in [0.3, 0.4) is 0 Å². The van der Waals surface area contributed by atoms with Gasteiger partial charge >= 0.3 is 11.9 Å². The van der Waals surface area contributed by atoms with Gasteiger partial charge < -0.3 is 14.4 Å². The Morgan fingerprint density at radius 3 is 2.27 bits per heavy atom. The van der Waals surface area contributed by atoms with E-state index in [1.807, 2.05) is 48.5 Å². The maximum absolute atomic E-state index is 13.8. The first-order chi connectivity index (χ1) is 21.7. The number of carbonyl (C=O) groups excluding carboxylic acids is 5. The predicted molar refractivity (Wildman–Crippen MR) is 170 cm³/mol. The number of hydrogen-bond donors (Lipinski definition) is 0. The second-order valence-corrected chi connectivity index (χ2v) is 13.0. The van der Waals surface area contributed by atoms with Crippen LogP contribution in [-0.2, 0) is 35.1 Å². The summed E-state index contributed by atoms with van der Waals surface area (Å²) in [5.74, 6) is -2.36. The van der Waals surface area contributed by atoms with Crippen molar-refractivity contribution in [2.24, 2.45) is 5.41 Å². The summed E-state index contributed by atoms with van der Waals surface area (Å²) in [5.41, 5.74) is 1.18. The third-order valence-corrected chi connectivity index (χ3v) is 8.85. The summed E-state index contributed by atoms with van der Waals surface area (Å²) in [7, 11) is 0. The van der Waals surface area contributed by atoms with E-state index in [9.17, 15) is 24.0 Å². The second kappa shape index (κ2) is 16.5. The van der Waals surface area contributed by atoms with Gasteiger partial charge in [0.1, 0.15) is 18.8 Å². The maximum atomic E-state index is 13.8. The Morgan fingerprint density at radius 1 is 0.800 bits per heavy atom. The fraction of sp³-hybridized carbons (Fsp3) is 0.541. The van der Waals surface area contributed by atoms with E-state index in [-0.39, 0.29) is 25.4 Å². The Morgan fingerprint density at radius 2 is 1.51 bits per heavy atom. The van der Waals surface area contributed by atoms with E-state index >= 15 is 0 Å². The minimum atomic E-state index is -1.24. The van der Waals surface area contributed by atoms with Crippen LogP contribution in [0, 0.1) is 5.41 Å². The molecule has 0 aliphatic carbocycles. The van der Waals surface area contributed by atoms with E-state index in [2.05, 4.69) is 0 Å². The maximum Gasteiger partial charge on any atom is 0.329 e. The Labute approximate surface area is 266 Å². The third kappa shape index (κ3) is 9.84. The molecule has 2 aromatic rings. The van der Waals surface area contributed by atoms with Crippen molar-refractivity contribution in [3.63, 3.8) is 0 Å². The van der Waals surface area contributed by atoms with Crippen molar-refractivity contribution in [3.8, 4) is 0 Å². The molecule has 0 spiro atoms. The Balaban J connectivity index is 1.60. The molecular weight excluding hydrogens is 570 g/mol. The number of amides is 1. The van der Waals surface area contributed by atoms with Gasteiger partial charge in [-0.25, -0.2) is 4.79 Å². The number of fused-ring (bicyclic) bond motifs is 3. The van der Waals surface area contributed by atoms with E-state index in [0.29, 0.717) is 44.1 Å². The molecule has 8 nitrogen and oxygen atoms in total. The van der Waals surface area contributed by atoms with Crippen molar-refractivity contribution in [1.82, 2.24) is 4.90 Å². The van der Waals surface area contributed by atoms with Crippen molar-refractivity contribution in [2.75, 3.05) is 13.2 Å². The number of piperidine rings is 1. The van der Waals surface area contributed by atoms with Crippen LogP contribution in [0.1, 0.15) is 118 Å². The highest BCUT2D eigenvalue weighted by atomic mass is 16.5. The fourth-order valence-corrected chi connectivity index (χ4v) is 6.01. The molecule has 2 aliphatic heterocycles. The topological polar surface area (TPSA) is 107 Å². The van der Waals surface area contributed by atoms with Gasteiger partial charge in [-0.2, -0.15) is 0 Å². The molecular formula is C37H47NO7. The monoisotopic (exact) mass is 617 g/mol. The normalized spacial score (nSPS) is 23.1. The molecule has 8 heteroatoms. The van der Waals surface area contributed by atoms with Gasteiger partial charge in [0.15, 0.2) is 5.78 Å². The number of ether oxygens (including phenoxy) is 2. The van der Waals surface area contributed by atoms with E-state index in [4.69, 9.17) is 9.47 Å². The molecule has 2 atom stereocenters. The SMILES string of the molecule is CC1(C)COC(=O)CCCCCCCCC(=O)c2cccc(c2)C(CCc2ccccc2)OC(=O)C2CCCCN2C(=O)C1=O. The van der Waals surface area contributed by atoms with Crippen molar-refractivity contribution in [1.29, 1.82) is 0 Å². The van der Waals surface area contributed by atoms with Crippen molar-refractivity contribution >= 4 is 29.4 Å². The molecule has 2 aromatic carbocycles. The first kappa shape index (κ1) is 34.1. The Bertz CT molecular complexity index is 1340. The molecule has 1 saturated heterocycles. The van der Waals surface area contributed by atoms with Crippen LogP contribution in [0.2, 0.25) is 0 Å². The minimum absolute atomic E-state index is 0.0521. The third-order valence-electron chi connectivity index (χ3n) is 8.85. The average molecular weight is 618 g/mol. The first-order valence-corrected chi connectivity index (χ1v) is 16.5. The summed E-state index contributed by atoms with van der Waals surface area (Å²) in [6, 6.07) is 16.3. The van der Waals surface area contributed by atoms with Crippen LogP contribution in [0.25, 0.3) is 0 Å². The predicted octanol–water partition coefficient (Wildman–Crippen LogP) is 6.74. The number of rotatable bonds is 3. The molecule has 0 radical (unpaired) electrons. The number of ketones is 2. The van der Waals surface area contributed by atoms with Gasteiger partial charge in [-0.1, -0.05) is 74.2 Å². The lowest BCUT2D eigenvalue weighted by Crippen LogP contribution is -2.53. The molecule has 4 rings (SSSR count). The number of cyclic esters (lactones) is 2. The van der Waals surface area contributed by atoms with E-state index in [0.717, 1.165) is 49.7 Å². The highest BCUT2D eigenvalue weighted by Crippen LogP contribution is 2.29. The standard InChI is InChI=1S/C37H47NO7/c1-37(2)26-44-33(40)21-11-6-4-3-5-10-20-31(39)28-17-14-18-29(25-28)32(23-22-27-15-8-7-9-16-27)45-36(43)30-19-12-13-24-38(30)35(42)34(37)41/h7-9,14-18,25,30,32H,3-6,10-13,19-24,26H2,1-2H3. The van der Waals surface area contributed by atoms with E-state index < -0.39 is 41.2 Å². The van der Waals surface area contributed by atoms with Crippen LogP contribution in [0.5, 0.6) is 0 Å². The molecule has 0 aromatic heterocycles. The Kier molecular flexibility index (Phi) is 12.5. The van der Waals surface area contributed by atoms with Gasteiger partial charge in [-0.3, -0.25) is 19.2 Å². The van der Waals surface area contributed by atoms with Gasteiger partial charge in [-0.15, -0.1) is 0 Å². The number of Topliss-reactive ketones (excluding diaryl/α,β-unsaturated/α-hetero) is 2. The fourth-order valence-electron chi connectivity index (χ4n) is 6.01. The van der Waals surface area contributed by atoms with Crippen LogP contribution >= 0.6 is 0 Å². The van der Waals surface area contributed by atoms with Gasteiger partial charge in [0.2, 0.25) is 5.78 Å². The highest BCUT2D eigenvalue weighted by molar-refractivity contribution is 6.38. The number of aryl methyl sites for hydroxylation is 1. The number of hydrogen-bond acceptors (Lipinski definition) is 7. The first-order valence-electron chi connectivity index (χ1n) is 16.5. The summed E-state index contributed by atoms with van der Waals surface area (Å²) >= 11 is 0. The number of esters is 2. The number of nitrogens with zero attached hydrogens (tertiary/aromatic N) is 1. The summed E-state index contributed by atoms with van der Waals surface area (Å²) in [4.78, 5) is 67.6. The zero-order valence-electron chi connectivity index (χ0n) is 26.8. The zero-order valence-corrected chi connectivity index (χ0v) is 26.8. The van der Waals surface area contributed by atoms with Crippen LogP contribution in [0.15, 0.2) is 54.6 Å². The average Bonchev–Trinajstić information content (AvgIpc) is 3.06. The molecule has 2 aliphatic rings. The molecule has 0 N–H and O–H groups in total. The lowest BCUT2D eigenvalue weighted by Gasteiger charge is -2.36. The van der Waals surface area contributed by atoms with Gasteiger partial charge in [0.25, 0.3) is 5.91 Å². The molecule has 2 heterocycles. The van der Waals surface area contributed by atoms with Gasteiger partial charge in [0, 0.05) is 24.9 Å². The van der Waals surface area contributed by atoms with Crippen molar-refractivity contribution in [2.45, 2.75) is 109 Å². The van der Waals surface area contributed by atoms with Crippen LogP contribution in [-0.4, -0.2) is 53.5 Å². The molecule has 242 valence electrons. The molecule has 2 unspecified atom stereocenters. The minimum Gasteiger partial charge on any atom is -0.465 e. The smallest absolute Gasteiger partial charge is 0.329 e. The zero-order chi connectivity index (χ0) is 32.2. The largest absolute Gasteiger partial charge is 0.465 e.